The number of hydrogen-bond donors (Lipinski definition) is 1. The SMILES string of the molecule is O=C1c2ccccc2C(=O)c2c(Nc3ccc4ncnc5c4c3C(=O)c3ccccc3-5)cccc21. The Balaban J connectivity index is 1.44. The highest BCUT2D eigenvalue weighted by molar-refractivity contribution is 6.31. The molecule has 0 bridgehead atoms. The van der Waals surface area contributed by atoms with Crippen LogP contribution in [-0.2, 0) is 0 Å². The first kappa shape index (κ1) is 19.5. The number of fused-ring (bicyclic) bond motifs is 4. The summed E-state index contributed by atoms with van der Waals surface area (Å²) in [5.41, 5.74) is 5.55. The van der Waals surface area contributed by atoms with Gasteiger partial charge in [-0.1, -0.05) is 60.7 Å². The molecule has 0 saturated heterocycles. The van der Waals surface area contributed by atoms with Gasteiger partial charge in [-0.15, -0.1) is 0 Å². The van der Waals surface area contributed by atoms with Crippen LogP contribution in [0.25, 0.3) is 22.2 Å². The third-order valence-corrected chi connectivity index (χ3v) is 6.68. The third-order valence-electron chi connectivity index (χ3n) is 6.68. The zero-order chi connectivity index (χ0) is 23.7. The topological polar surface area (TPSA) is 89.0 Å². The Hall–Kier alpha value is -4.97. The maximum atomic E-state index is 13.7. The molecule has 7 rings (SSSR count). The summed E-state index contributed by atoms with van der Waals surface area (Å²) >= 11 is 0. The summed E-state index contributed by atoms with van der Waals surface area (Å²) in [6.07, 6.45) is 1.50. The molecule has 35 heavy (non-hydrogen) atoms. The first-order chi connectivity index (χ1) is 17.1. The van der Waals surface area contributed by atoms with Crippen LogP contribution in [-0.4, -0.2) is 27.3 Å². The Morgan fingerprint density at radius 1 is 0.514 bits per heavy atom. The van der Waals surface area contributed by atoms with Crippen molar-refractivity contribution >= 4 is 39.6 Å². The maximum absolute atomic E-state index is 13.7. The van der Waals surface area contributed by atoms with Crippen LogP contribution in [0.2, 0.25) is 0 Å². The summed E-state index contributed by atoms with van der Waals surface area (Å²) in [7, 11) is 0. The van der Waals surface area contributed by atoms with Gasteiger partial charge in [-0.25, -0.2) is 9.97 Å². The van der Waals surface area contributed by atoms with Crippen molar-refractivity contribution in [2.45, 2.75) is 0 Å². The predicted octanol–water partition coefficient (Wildman–Crippen LogP) is 5.36. The van der Waals surface area contributed by atoms with Gasteiger partial charge >= 0.3 is 0 Å². The van der Waals surface area contributed by atoms with Gasteiger partial charge in [0.2, 0.25) is 0 Å². The fourth-order valence-corrected chi connectivity index (χ4v) is 5.11. The monoisotopic (exact) mass is 453 g/mol. The van der Waals surface area contributed by atoms with Crippen molar-refractivity contribution in [2.24, 2.45) is 0 Å². The summed E-state index contributed by atoms with van der Waals surface area (Å²) in [4.78, 5) is 49.1. The maximum Gasteiger partial charge on any atom is 0.196 e. The Morgan fingerprint density at radius 3 is 1.89 bits per heavy atom. The lowest BCUT2D eigenvalue weighted by Crippen LogP contribution is -2.22. The van der Waals surface area contributed by atoms with Gasteiger partial charge < -0.3 is 5.32 Å². The fourth-order valence-electron chi connectivity index (χ4n) is 5.11. The van der Waals surface area contributed by atoms with Crippen molar-refractivity contribution in [3.63, 3.8) is 0 Å². The lowest BCUT2D eigenvalue weighted by Gasteiger charge is -2.23. The van der Waals surface area contributed by atoms with Gasteiger partial charge in [0.05, 0.1) is 33.7 Å². The summed E-state index contributed by atoms with van der Waals surface area (Å²) in [6, 6.07) is 23.0. The summed E-state index contributed by atoms with van der Waals surface area (Å²) in [6.45, 7) is 0. The second-order valence-electron chi connectivity index (χ2n) is 8.54. The fraction of sp³-hybridized carbons (Fsp3) is 0. The molecule has 0 atom stereocenters. The minimum Gasteiger partial charge on any atom is -0.354 e. The molecule has 1 heterocycles. The van der Waals surface area contributed by atoms with Crippen LogP contribution in [0.5, 0.6) is 0 Å². The number of carbonyl (C=O) groups is 3. The van der Waals surface area contributed by atoms with Crippen LogP contribution in [0, 0.1) is 0 Å². The second kappa shape index (κ2) is 7.01. The van der Waals surface area contributed by atoms with E-state index in [1.54, 1.807) is 54.6 Å². The Bertz CT molecular complexity index is 1790. The van der Waals surface area contributed by atoms with E-state index in [9.17, 15) is 14.4 Å². The molecule has 6 nitrogen and oxygen atoms in total. The average molecular weight is 453 g/mol. The highest BCUT2D eigenvalue weighted by Gasteiger charge is 2.33. The molecule has 1 N–H and O–H groups in total. The van der Waals surface area contributed by atoms with Gasteiger partial charge in [0.25, 0.3) is 0 Å². The molecular weight excluding hydrogens is 438 g/mol. The van der Waals surface area contributed by atoms with Gasteiger partial charge in [-0.05, 0) is 18.2 Å². The first-order valence-corrected chi connectivity index (χ1v) is 11.1. The Labute approximate surface area is 199 Å². The molecular formula is C29H15N3O3. The highest BCUT2D eigenvalue weighted by Crippen LogP contribution is 2.42. The highest BCUT2D eigenvalue weighted by atomic mass is 16.1. The summed E-state index contributed by atoms with van der Waals surface area (Å²) in [5.74, 6) is -0.568. The van der Waals surface area contributed by atoms with E-state index in [1.807, 2.05) is 24.3 Å². The van der Waals surface area contributed by atoms with E-state index >= 15 is 0 Å². The second-order valence-corrected chi connectivity index (χ2v) is 8.54. The molecule has 164 valence electrons. The number of rotatable bonds is 2. The molecule has 0 amide bonds. The number of anilines is 2. The molecule has 0 radical (unpaired) electrons. The van der Waals surface area contributed by atoms with Crippen molar-refractivity contribution in [1.82, 2.24) is 9.97 Å². The number of nitrogens with zero attached hydrogens (tertiary/aromatic N) is 2. The number of benzene rings is 4. The Morgan fingerprint density at radius 2 is 1.11 bits per heavy atom. The van der Waals surface area contributed by atoms with Crippen LogP contribution in [0.1, 0.15) is 47.8 Å². The minimum atomic E-state index is -0.228. The van der Waals surface area contributed by atoms with Gasteiger partial charge in [0.1, 0.15) is 6.33 Å². The van der Waals surface area contributed by atoms with Crippen molar-refractivity contribution in [2.75, 3.05) is 5.32 Å². The van der Waals surface area contributed by atoms with Crippen LogP contribution in [0.15, 0.2) is 85.2 Å². The van der Waals surface area contributed by atoms with E-state index in [-0.39, 0.29) is 17.3 Å². The van der Waals surface area contributed by atoms with Crippen LogP contribution < -0.4 is 5.32 Å². The molecule has 0 aliphatic heterocycles. The summed E-state index contributed by atoms with van der Waals surface area (Å²) < 4.78 is 0. The normalized spacial score (nSPS) is 13.3. The van der Waals surface area contributed by atoms with Crippen LogP contribution >= 0.6 is 0 Å². The van der Waals surface area contributed by atoms with Crippen molar-refractivity contribution < 1.29 is 14.4 Å². The predicted molar refractivity (Wildman–Crippen MR) is 131 cm³/mol. The van der Waals surface area contributed by atoms with Gasteiger partial charge in [-0.3, -0.25) is 14.4 Å². The van der Waals surface area contributed by atoms with Crippen LogP contribution in [0.3, 0.4) is 0 Å². The third kappa shape index (κ3) is 2.62. The van der Waals surface area contributed by atoms with E-state index in [2.05, 4.69) is 15.3 Å². The van der Waals surface area contributed by atoms with Crippen LogP contribution in [0.4, 0.5) is 11.4 Å². The smallest absolute Gasteiger partial charge is 0.196 e. The van der Waals surface area contributed by atoms with Gasteiger partial charge in [-0.2, -0.15) is 0 Å². The molecule has 6 heteroatoms. The van der Waals surface area contributed by atoms with Crippen molar-refractivity contribution in [1.29, 1.82) is 0 Å². The van der Waals surface area contributed by atoms with E-state index in [0.717, 1.165) is 5.56 Å². The molecule has 0 spiro atoms. The summed E-state index contributed by atoms with van der Waals surface area (Å²) in [5, 5.41) is 3.96. The molecule has 0 unspecified atom stereocenters. The van der Waals surface area contributed by atoms with E-state index in [1.165, 1.54) is 6.33 Å². The Kier molecular flexibility index (Phi) is 3.91. The van der Waals surface area contributed by atoms with E-state index < -0.39 is 0 Å². The first-order valence-electron chi connectivity index (χ1n) is 11.1. The van der Waals surface area contributed by atoms with Gasteiger partial charge in [0, 0.05) is 33.2 Å². The molecule has 1 aromatic heterocycles. The molecule has 4 aromatic carbocycles. The largest absolute Gasteiger partial charge is 0.354 e. The number of carbonyl (C=O) groups excluding carboxylic acids is 3. The standard InChI is InChI=1S/C29H15N3O3/c33-27-17-8-3-4-9-18(17)28(34)23-19(27)10-5-11-21(23)32-22-13-12-20-24-25(22)29(35)16-7-2-1-6-15(16)26(24)31-14-30-20/h1-14,32H. The number of hydrogen-bond acceptors (Lipinski definition) is 6. The average Bonchev–Trinajstić information content (AvgIpc) is 2.90. The quantitative estimate of drug-likeness (QED) is 0.379. The lowest BCUT2D eigenvalue weighted by atomic mass is 9.83. The van der Waals surface area contributed by atoms with Gasteiger partial charge in [0.15, 0.2) is 17.3 Å². The minimum absolute atomic E-state index is 0.145. The number of ketones is 3. The van der Waals surface area contributed by atoms with E-state index in [0.29, 0.717) is 61.4 Å². The number of aromatic nitrogens is 2. The molecule has 5 aromatic rings. The zero-order valence-electron chi connectivity index (χ0n) is 18.2. The molecule has 0 saturated carbocycles. The van der Waals surface area contributed by atoms with Crippen molar-refractivity contribution in [3.05, 3.63) is 119 Å². The molecule has 0 fully saturated rings. The number of nitrogens with one attached hydrogen (secondary N) is 1. The van der Waals surface area contributed by atoms with E-state index in [4.69, 9.17) is 0 Å². The lowest BCUT2D eigenvalue weighted by molar-refractivity contribution is 0.0979. The molecule has 2 aliphatic carbocycles. The zero-order valence-corrected chi connectivity index (χ0v) is 18.2. The van der Waals surface area contributed by atoms with Crippen molar-refractivity contribution in [3.8, 4) is 11.3 Å². The molecule has 2 aliphatic rings.